The van der Waals surface area contributed by atoms with Crippen LogP contribution in [0.3, 0.4) is 0 Å². The molecule has 0 spiro atoms. The van der Waals surface area contributed by atoms with Crippen LogP contribution in [0, 0.1) is 13.8 Å². The third kappa shape index (κ3) is 3.48. The van der Waals surface area contributed by atoms with Gasteiger partial charge in [0.15, 0.2) is 0 Å². The number of aryl methyl sites for hydroxylation is 2. The van der Waals surface area contributed by atoms with E-state index in [0.29, 0.717) is 31.7 Å². The van der Waals surface area contributed by atoms with E-state index >= 15 is 0 Å². The largest absolute Gasteiger partial charge is 0.408 e. The van der Waals surface area contributed by atoms with E-state index in [-0.39, 0.29) is 0 Å². The molecule has 0 aromatic heterocycles. The average molecular weight is 272 g/mol. The van der Waals surface area contributed by atoms with Gasteiger partial charge >= 0.3 is 6.18 Å². The van der Waals surface area contributed by atoms with Crippen molar-refractivity contribution in [2.75, 3.05) is 26.2 Å². The predicted octanol–water partition coefficient (Wildman–Crippen LogP) is 2.81. The molecule has 19 heavy (non-hydrogen) atoms. The molecule has 1 saturated heterocycles. The number of hydrogen-bond acceptors (Lipinski definition) is 2. The topological polar surface area (TPSA) is 15.3 Å². The van der Waals surface area contributed by atoms with Crippen LogP contribution in [0.1, 0.15) is 22.7 Å². The van der Waals surface area contributed by atoms with Gasteiger partial charge in [0.25, 0.3) is 0 Å². The Balaban J connectivity index is 2.36. The van der Waals surface area contributed by atoms with Gasteiger partial charge in [-0.3, -0.25) is 4.90 Å². The number of halogens is 3. The van der Waals surface area contributed by atoms with Crippen molar-refractivity contribution >= 4 is 0 Å². The van der Waals surface area contributed by atoms with Crippen molar-refractivity contribution in [3.05, 3.63) is 34.9 Å². The molecular formula is C14H19F3N2. The highest BCUT2D eigenvalue weighted by atomic mass is 19.4. The highest BCUT2D eigenvalue weighted by Crippen LogP contribution is 2.38. The quantitative estimate of drug-likeness (QED) is 0.890. The van der Waals surface area contributed by atoms with Crippen molar-refractivity contribution in [1.29, 1.82) is 0 Å². The zero-order valence-electron chi connectivity index (χ0n) is 11.2. The van der Waals surface area contributed by atoms with Crippen LogP contribution in [0.25, 0.3) is 0 Å². The highest BCUT2D eigenvalue weighted by Gasteiger charge is 2.44. The van der Waals surface area contributed by atoms with Crippen molar-refractivity contribution in [3.8, 4) is 0 Å². The minimum absolute atomic E-state index is 0.354. The summed E-state index contributed by atoms with van der Waals surface area (Å²) in [7, 11) is 0. The lowest BCUT2D eigenvalue weighted by atomic mass is 9.99. The van der Waals surface area contributed by atoms with E-state index in [0.717, 1.165) is 11.1 Å². The molecule has 0 radical (unpaired) electrons. The van der Waals surface area contributed by atoms with Gasteiger partial charge in [-0.1, -0.05) is 29.3 Å². The first-order valence-corrected chi connectivity index (χ1v) is 6.47. The van der Waals surface area contributed by atoms with E-state index in [9.17, 15) is 13.2 Å². The number of alkyl halides is 3. The molecule has 1 heterocycles. The van der Waals surface area contributed by atoms with Crippen LogP contribution in [0.5, 0.6) is 0 Å². The van der Waals surface area contributed by atoms with Crippen molar-refractivity contribution in [3.63, 3.8) is 0 Å². The maximum Gasteiger partial charge on any atom is 0.408 e. The summed E-state index contributed by atoms with van der Waals surface area (Å²) in [4.78, 5) is 1.52. The normalized spacial score (nSPS) is 19.4. The lowest BCUT2D eigenvalue weighted by Gasteiger charge is -2.36. The van der Waals surface area contributed by atoms with Gasteiger partial charge in [0.05, 0.1) is 0 Å². The van der Waals surface area contributed by atoms with Crippen LogP contribution in [0.4, 0.5) is 13.2 Å². The molecule has 1 atom stereocenters. The summed E-state index contributed by atoms with van der Waals surface area (Å²) in [5, 5.41) is 3.09. The summed E-state index contributed by atoms with van der Waals surface area (Å²) in [6.45, 7) is 5.74. The van der Waals surface area contributed by atoms with Crippen molar-refractivity contribution in [2.24, 2.45) is 0 Å². The van der Waals surface area contributed by atoms with E-state index in [1.807, 2.05) is 19.9 Å². The molecule has 106 valence electrons. The van der Waals surface area contributed by atoms with Crippen LogP contribution in [0.2, 0.25) is 0 Å². The standard InChI is InChI=1S/C14H19F3N2/c1-10-7-11(2)9-12(8-10)13(14(15,16)17)19-5-3-18-4-6-19/h7-9,13,18H,3-6H2,1-2H3/t13-/m0/s1. The first kappa shape index (κ1) is 14.3. The Morgan fingerprint density at radius 1 is 1.05 bits per heavy atom. The molecule has 1 aromatic carbocycles. The van der Waals surface area contributed by atoms with E-state index in [1.54, 1.807) is 12.1 Å². The van der Waals surface area contributed by atoms with Crippen LogP contribution in [-0.2, 0) is 0 Å². The number of hydrogen-bond donors (Lipinski definition) is 1. The summed E-state index contributed by atoms with van der Waals surface area (Å²) in [5.74, 6) is 0. The lowest BCUT2D eigenvalue weighted by molar-refractivity contribution is -0.187. The molecule has 0 bridgehead atoms. The molecule has 0 aliphatic carbocycles. The van der Waals surface area contributed by atoms with Crippen LogP contribution in [0.15, 0.2) is 18.2 Å². The number of nitrogens with one attached hydrogen (secondary N) is 1. The molecular weight excluding hydrogens is 253 g/mol. The summed E-state index contributed by atoms with van der Waals surface area (Å²) >= 11 is 0. The first-order chi connectivity index (χ1) is 8.88. The molecule has 0 amide bonds. The van der Waals surface area contributed by atoms with E-state index in [4.69, 9.17) is 0 Å². The number of nitrogens with zero attached hydrogens (tertiary/aromatic N) is 1. The average Bonchev–Trinajstić information content (AvgIpc) is 2.27. The molecule has 1 aliphatic heterocycles. The van der Waals surface area contributed by atoms with Gasteiger partial charge in [-0.25, -0.2) is 0 Å². The van der Waals surface area contributed by atoms with E-state index in [1.165, 1.54) is 4.90 Å². The fourth-order valence-corrected chi connectivity index (χ4v) is 2.71. The third-order valence-electron chi connectivity index (χ3n) is 3.39. The fraction of sp³-hybridized carbons (Fsp3) is 0.571. The lowest BCUT2D eigenvalue weighted by Crippen LogP contribution is -2.49. The molecule has 0 saturated carbocycles. The third-order valence-corrected chi connectivity index (χ3v) is 3.39. The Labute approximate surface area is 111 Å². The molecule has 5 heteroatoms. The second-order valence-corrected chi connectivity index (χ2v) is 5.15. The van der Waals surface area contributed by atoms with Gasteiger partial charge in [0.2, 0.25) is 0 Å². The molecule has 1 fully saturated rings. The second kappa shape index (κ2) is 5.51. The van der Waals surface area contributed by atoms with E-state index < -0.39 is 12.2 Å². The summed E-state index contributed by atoms with van der Waals surface area (Å²) in [6.07, 6.45) is -4.24. The number of piperazine rings is 1. The van der Waals surface area contributed by atoms with Gasteiger partial charge in [-0.2, -0.15) is 13.2 Å². The Morgan fingerprint density at radius 2 is 1.58 bits per heavy atom. The minimum atomic E-state index is -4.24. The van der Waals surface area contributed by atoms with Crippen molar-refractivity contribution in [1.82, 2.24) is 10.2 Å². The summed E-state index contributed by atoms with van der Waals surface area (Å²) in [5.41, 5.74) is 2.10. The van der Waals surface area contributed by atoms with Crippen molar-refractivity contribution < 1.29 is 13.2 Å². The number of benzene rings is 1. The Kier molecular flexibility index (Phi) is 4.16. The monoisotopic (exact) mass is 272 g/mol. The Hall–Kier alpha value is -1.07. The van der Waals surface area contributed by atoms with Crippen molar-refractivity contribution in [2.45, 2.75) is 26.1 Å². The SMILES string of the molecule is Cc1cc(C)cc([C@H](N2CCNCC2)C(F)(F)F)c1. The van der Waals surface area contributed by atoms with Crippen LogP contribution >= 0.6 is 0 Å². The summed E-state index contributed by atoms with van der Waals surface area (Å²) in [6, 6.07) is 3.70. The van der Waals surface area contributed by atoms with Crippen LogP contribution < -0.4 is 5.32 Å². The molecule has 2 rings (SSSR count). The first-order valence-electron chi connectivity index (χ1n) is 6.47. The highest BCUT2D eigenvalue weighted by molar-refractivity contribution is 5.31. The van der Waals surface area contributed by atoms with Gasteiger partial charge in [0.1, 0.15) is 6.04 Å². The number of rotatable bonds is 2. The zero-order valence-corrected chi connectivity index (χ0v) is 11.2. The maximum atomic E-state index is 13.4. The zero-order chi connectivity index (χ0) is 14.0. The maximum absolute atomic E-state index is 13.4. The second-order valence-electron chi connectivity index (χ2n) is 5.15. The van der Waals surface area contributed by atoms with Gasteiger partial charge in [-0.15, -0.1) is 0 Å². The van der Waals surface area contributed by atoms with Gasteiger partial charge in [0, 0.05) is 26.2 Å². The summed E-state index contributed by atoms with van der Waals surface area (Å²) < 4.78 is 40.2. The molecule has 0 unspecified atom stereocenters. The molecule has 1 aliphatic rings. The van der Waals surface area contributed by atoms with E-state index in [2.05, 4.69) is 5.32 Å². The van der Waals surface area contributed by atoms with Gasteiger partial charge in [-0.05, 0) is 19.4 Å². The minimum Gasteiger partial charge on any atom is -0.314 e. The Bertz CT molecular complexity index is 417. The molecule has 1 N–H and O–H groups in total. The smallest absolute Gasteiger partial charge is 0.314 e. The molecule has 1 aromatic rings. The Morgan fingerprint density at radius 3 is 2.05 bits per heavy atom. The predicted molar refractivity (Wildman–Crippen MR) is 69.2 cm³/mol. The van der Waals surface area contributed by atoms with Gasteiger partial charge < -0.3 is 5.32 Å². The van der Waals surface area contributed by atoms with Crippen LogP contribution in [-0.4, -0.2) is 37.3 Å². The molecule has 2 nitrogen and oxygen atoms in total. The fourth-order valence-electron chi connectivity index (χ4n) is 2.71.